The molecule has 0 bridgehead atoms. The summed E-state index contributed by atoms with van der Waals surface area (Å²) in [4.78, 5) is 22.6. The Morgan fingerprint density at radius 1 is 1.23 bits per heavy atom. The highest BCUT2D eigenvalue weighted by atomic mass is 19.1. The van der Waals surface area contributed by atoms with Gasteiger partial charge in [0.2, 0.25) is 0 Å². The normalized spacial score (nSPS) is 17.0. The van der Waals surface area contributed by atoms with Crippen LogP contribution < -0.4 is 10.6 Å². The summed E-state index contributed by atoms with van der Waals surface area (Å²) < 4.78 is 20.1. The van der Waals surface area contributed by atoms with Crippen molar-refractivity contribution in [1.82, 2.24) is 19.7 Å². The number of rotatable bonds is 4. The quantitative estimate of drug-likeness (QED) is 0.685. The van der Waals surface area contributed by atoms with E-state index in [1.165, 1.54) is 23.0 Å². The third kappa shape index (κ3) is 4.56. The fourth-order valence-electron chi connectivity index (χ4n) is 3.36. The van der Waals surface area contributed by atoms with Gasteiger partial charge in [-0.2, -0.15) is 10.1 Å². The maximum atomic E-state index is 13.1. The second-order valence-corrected chi connectivity index (χ2v) is 8.52. The van der Waals surface area contributed by atoms with Gasteiger partial charge in [0.05, 0.1) is 18.5 Å². The Kier molecular flexibility index (Phi) is 5.45. The minimum Gasteiger partial charge on any atom is -0.443 e. The van der Waals surface area contributed by atoms with Gasteiger partial charge in [0.25, 0.3) is 0 Å². The number of aromatic nitrogens is 4. The van der Waals surface area contributed by atoms with Crippen molar-refractivity contribution in [3.63, 3.8) is 0 Å². The number of halogens is 1. The molecule has 31 heavy (non-hydrogen) atoms. The second kappa shape index (κ2) is 8.07. The van der Waals surface area contributed by atoms with Crippen molar-refractivity contribution in [3.8, 4) is 0 Å². The van der Waals surface area contributed by atoms with Crippen molar-refractivity contribution >= 4 is 11.4 Å². The van der Waals surface area contributed by atoms with E-state index in [9.17, 15) is 14.3 Å². The van der Waals surface area contributed by atoms with Crippen LogP contribution in [0.25, 0.3) is 5.57 Å². The Bertz CT molecular complexity index is 1160. The molecule has 0 spiro atoms. The molecule has 0 saturated heterocycles. The van der Waals surface area contributed by atoms with Crippen LogP contribution in [0.4, 0.5) is 10.2 Å². The molecule has 9 heteroatoms. The first-order chi connectivity index (χ1) is 14.7. The summed E-state index contributed by atoms with van der Waals surface area (Å²) in [5.41, 5.74) is 0.733. The lowest BCUT2D eigenvalue weighted by Gasteiger charge is -2.31. The van der Waals surface area contributed by atoms with Gasteiger partial charge in [-0.1, -0.05) is 39.0 Å². The Labute approximate surface area is 178 Å². The first-order valence-electron chi connectivity index (χ1n) is 9.99. The molecule has 1 atom stereocenters. The van der Waals surface area contributed by atoms with Gasteiger partial charge in [0, 0.05) is 18.5 Å². The summed E-state index contributed by atoms with van der Waals surface area (Å²) in [7, 11) is 0. The molecule has 1 N–H and O–H groups in total. The van der Waals surface area contributed by atoms with E-state index in [1.807, 2.05) is 26.8 Å². The molecule has 0 saturated carbocycles. The lowest BCUT2D eigenvalue weighted by atomic mass is 9.97. The lowest BCUT2D eigenvalue weighted by Crippen LogP contribution is -2.39. The highest BCUT2D eigenvalue weighted by molar-refractivity contribution is 5.71. The van der Waals surface area contributed by atoms with Crippen molar-refractivity contribution in [2.24, 2.45) is 0 Å². The minimum atomic E-state index is -0.798. The van der Waals surface area contributed by atoms with Crippen molar-refractivity contribution in [3.05, 3.63) is 76.3 Å². The van der Waals surface area contributed by atoms with Gasteiger partial charge in [-0.3, -0.25) is 0 Å². The third-order valence-corrected chi connectivity index (χ3v) is 5.03. The van der Waals surface area contributed by atoms with Crippen molar-refractivity contribution < 1.29 is 13.9 Å². The Morgan fingerprint density at radius 3 is 2.58 bits per heavy atom. The van der Waals surface area contributed by atoms with Gasteiger partial charge in [-0.15, -0.1) is 0 Å². The standard InChI is InChI=1S/C22H24FN5O3/c1-22(2,3)20-24-10-16(31-20)12-28-21(30)26-19(11-25-28)27-9-8-17(18(29)13-27)14-4-6-15(23)7-5-14/h4-8,10-11,18,29H,9,12-13H2,1-3H3/t18-/m0/s1. The molecule has 0 radical (unpaired) electrons. The summed E-state index contributed by atoms with van der Waals surface area (Å²) in [5, 5.41) is 14.8. The van der Waals surface area contributed by atoms with Gasteiger partial charge >= 0.3 is 5.69 Å². The molecular weight excluding hydrogens is 401 g/mol. The number of nitrogens with zero attached hydrogens (tertiary/aromatic N) is 5. The van der Waals surface area contributed by atoms with E-state index < -0.39 is 11.8 Å². The van der Waals surface area contributed by atoms with E-state index in [0.29, 0.717) is 24.0 Å². The molecule has 0 amide bonds. The predicted molar refractivity (Wildman–Crippen MR) is 113 cm³/mol. The molecule has 0 unspecified atom stereocenters. The zero-order chi connectivity index (χ0) is 22.2. The number of β-amino-alcohol motifs (C(OH)–C–C–N with tert-alkyl or cyclic N) is 1. The maximum Gasteiger partial charge on any atom is 0.366 e. The average molecular weight is 425 g/mol. The second-order valence-electron chi connectivity index (χ2n) is 8.52. The molecule has 0 aliphatic carbocycles. The molecule has 3 aromatic rings. The molecule has 162 valence electrons. The lowest BCUT2D eigenvalue weighted by molar-refractivity contribution is 0.233. The van der Waals surface area contributed by atoms with Crippen LogP contribution in [-0.2, 0) is 12.0 Å². The monoisotopic (exact) mass is 425 g/mol. The van der Waals surface area contributed by atoms with Crippen molar-refractivity contribution in [1.29, 1.82) is 0 Å². The van der Waals surface area contributed by atoms with E-state index in [-0.39, 0.29) is 24.3 Å². The van der Waals surface area contributed by atoms with E-state index in [4.69, 9.17) is 4.42 Å². The number of oxazole rings is 1. The zero-order valence-electron chi connectivity index (χ0n) is 17.6. The van der Waals surface area contributed by atoms with Crippen LogP contribution in [0.5, 0.6) is 0 Å². The van der Waals surface area contributed by atoms with Gasteiger partial charge < -0.3 is 14.4 Å². The largest absolute Gasteiger partial charge is 0.443 e. The first kappa shape index (κ1) is 20.9. The summed E-state index contributed by atoms with van der Waals surface area (Å²) in [6.07, 6.45) is 4.13. The van der Waals surface area contributed by atoms with Gasteiger partial charge in [0.1, 0.15) is 18.1 Å². The number of hydrogen-bond donors (Lipinski definition) is 1. The molecule has 8 nitrogen and oxygen atoms in total. The van der Waals surface area contributed by atoms with Crippen LogP contribution in [0.2, 0.25) is 0 Å². The van der Waals surface area contributed by atoms with E-state index >= 15 is 0 Å². The van der Waals surface area contributed by atoms with Crippen LogP contribution in [0.1, 0.15) is 38.0 Å². The van der Waals surface area contributed by atoms with E-state index in [0.717, 1.165) is 11.1 Å². The molecule has 4 rings (SSSR count). The number of hydrogen-bond acceptors (Lipinski definition) is 7. The fourth-order valence-corrected chi connectivity index (χ4v) is 3.36. The number of aliphatic hydroxyl groups excluding tert-OH is 1. The van der Waals surface area contributed by atoms with Crippen LogP contribution in [0, 0.1) is 5.82 Å². The maximum absolute atomic E-state index is 13.1. The van der Waals surface area contributed by atoms with Crippen LogP contribution >= 0.6 is 0 Å². The van der Waals surface area contributed by atoms with Gasteiger partial charge in [-0.25, -0.2) is 18.9 Å². The summed E-state index contributed by atoms with van der Waals surface area (Å²) in [5.74, 6) is 1.16. The number of aliphatic hydroxyl groups is 1. The van der Waals surface area contributed by atoms with Crippen molar-refractivity contribution in [2.75, 3.05) is 18.0 Å². The molecule has 0 fully saturated rings. The Hall–Kier alpha value is -3.33. The minimum absolute atomic E-state index is 0.131. The molecule has 1 aromatic carbocycles. The number of anilines is 1. The van der Waals surface area contributed by atoms with Crippen LogP contribution in [0.15, 0.2) is 51.9 Å². The number of benzene rings is 1. The Balaban J connectivity index is 1.49. The zero-order valence-corrected chi connectivity index (χ0v) is 17.6. The Morgan fingerprint density at radius 2 is 1.97 bits per heavy atom. The summed E-state index contributed by atoms with van der Waals surface area (Å²) in [6, 6.07) is 5.99. The summed E-state index contributed by atoms with van der Waals surface area (Å²) >= 11 is 0. The summed E-state index contributed by atoms with van der Waals surface area (Å²) in [6.45, 7) is 6.80. The predicted octanol–water partition coefficient (Wildman–Crippen LogP) is 2.38. The third-order valence-electron chi connectivity index (χ3n) is 5.03. The molecule has 3 heterocycles. The van der Waals surface area contributed by atoms with Crippen LogP contribution in [-0.4, -0.2) is 44.0 Å². The molecule has 1 aliphatic rings. The fraction of sp³-hybridized carbons (Fsp3) is 0.364. The van der Waals surface area contributed by atoms with Crippen LogP contribution in [0.3, 0.4) is 0 Å². The highest BCUT2D eigenvalue weighted by Crippen LogP contribution is 2.25. The first-order valence-corrected chi connectivity index (χ1v) is 9.99. The average Bonchev–Trinajstić information content (AvgIpc) is 3.19. The van der Waals surface area contributed by atoms with E-state index in [2.05, 4.69) is 15.1 Å². The molecule has 1 aliphatic heterocycles. The molecule has 2 aromatic heterocycles. The molecular formula is C22H24FN5O3. The highest BCUT2D eigenvalue weighted by Gasteiger charge is 2.24. The smallest absolute Gasteiger partial charge is 0.366 e. The van der Waals surface area contributed by atoms with E-state index in [1.54, 1.807) is 23.2 Å². The van der Waals surface area contributed by atoms with Gasteiger partial charge in [-0.05, 0) is 23.3 Å². The van der Waals surface area contributed by atoms with Gasteiger partial charge in [0.15, 0.2) is 11.7 Å². The van der Waals surface area contributed by atoms with Crippen molar-refractivity contribution in [2.45, 2.75) is 38.8 Å². The topological polar surface area (TPSA) is 97.3 Å². The SMILES string of the molecule is CC(C)(C)c1ncc(Cn2ncc(N3CC=C(c4ccc(F)cc4)[C@@H](O)C3)nc2=O)o1.